The van der Waals surface area contributed by atoms with Crippen LogP contribution in [0.1, 0.15) is 35.2 Å². The highest BCUT2D eigenvalue weighted by molar-refractivity contribution is 5.45. The van der Waals surface area contributed by atoms with Gasteiger partial charge < -0.3 is 10.4 Å². The van der Waals surface area contributed by atoms with Crippen molar-refractivity contribution in [1.29, 1.82) is 0 Å². The SMILES string of the molecule is Cc1ccc(NCC(C)c2cc(C)c(O)c(C)c2)cn1. The molecule has 0 saturated heterocycles. The molecule has 2 rings (SSSR count). The van der Waals surface area contributed by atoms with E-state index in [1.807, 2.05) is 39.1 Å². The van der Waals surface area contributed by atoms with E-state index < -0.39 is 0 Å². The van der Waals surface area contributed by atoms with Crippen LogP contribution in [0.2, 0.25) is 0 Å². The highest BCUT2D eigenvalue weighted by atomic mass is 16.3. The summed E-state index contributed by atoms with van der Waals surface area (Å²) in [6.07, 6.45) is 1.86. The molecule has 0 saturated carbocycles. The van der Waals surface area contributed by atoms with Gasteiger partial charge >= 0.3 is 0 Å². The molecule has 1 heterocycles. The van der Waals surface area contributed by atoms with Crippen molar-refractivity contribution in [2.75, 3.05) is 11.9 Å². The van der Waals surface area contributed by atoms with E-state index in [2.05, 4.69) is 29.4 Å². The van der Waals surface area contributed by atoms with E-state index in [1.54, 1.807) is 0 Å². The summed E-state index contributed by atoms with van der Waals surface area (Å²) in [6, 6.07) is 8.16. The number of aromatic hydroxyl groups is 1. The summed E-state index contributed by atoms with van der Waals surface area (Å²) < 4.78 is 0. The van der Waals surface area contributed by atoms with E-state index in [0.29, 0.717) is 11.7 Å². The lowest BCUT2D eigenvalue weighted by molar-refractivity contribution is 0.466. The zero-order valence-corrected chi connectivity index (χ0v) is 12.6. The Morgan fingerprint density at radius 2 is 1.80 bits per heavy atom. The van der Waals surface area contributed by atoms with Crippen LogP contribution in [0.15, 0.2) is 30.5 Å². The molecular weight excluding hydrogens is 248 g/mol. The van der Waals surface area contributed by atoms with Gasteiger partial charge in [-0.15, -0.1) is 0 Å². The van der Waals surface area contributed by atoms with Crippen LogP contribution >= 0.6 is 0 Å². The van der Waals surface area contributed by atoms with Gasteiger partial charge in [0.25, 0.3) is 0 Å². The van der Waals surface area contributed by atoms with Crippen molar-refractivity contribution in [3.63, 3.8) is 0 Å². The Balaban J connectivity index is 2.05. The second-order valence-corrected chi connectivity index (χ2v) is 5.47. The molecule has 1 aromatic carbocycles. The number of phenolic OH excluding ortho intramolecular Hbond substituents is 1. The van der Waals surface area contributed by atoms with Gasteiger partial charge in [-0.1, -0.05) is 19.1 Å². The molecule has 106 valence electrons. The number of phenols is 1. The van der Waals surface area contributed by atoms with Crippen molar-refractivity contribution in [2.45, 2.75) is 33.6 Å². The van der Waals surface area contributed by atoms with Crippen LogP contribution in [0.3, 0.4) is 0 Å². The summed E-state index contributed by atoms with van der Waals surface area (Å²) in [5.74, 6) is 0.769. The molecule has 2 aromatic rings. The van der Waals surface area contributed by atoms with Crippen molar-refractivity contribution in [3.05, 3.63) is 52.8 Å². The van der Waals surface area contributed by atoms with E-state index in [-0.39, 0.29) is 0 Å². The van der Waals surface area contributed by atoms with Gasteiger partial charge in [-0.2, -0.15) is 0 Å². The topological polar surface area (TPSA) is 45.1 Å². The second kappa shape index (κ2) is 5.95. The van der Waals surface area contributed by atoms with Crippen molar-refractivity contribution in [2.24, 2.45) is 0 Å². The maximum atomic E-state index is 9.82. The Hall–Kier alpha value is -2.03. The van der Waals surface area contributed by atoms with Crippen molar-refractivity contribution >= 4 is 5.69 Å². The van der Waals surface area contributed by atoms with E-state index in [9.17, 15) is 5.11 Å². The van der Waals surface area contributed by atoms with Crippen LogP contribution in [0, 0.1) is 20.8 Å². The first-order valence-corrected chi connectivity index (χ1v) is 6.94. The number of anilines is 1. The maximum Gasteiger partial charge on any atom is 0.121 e. The normalized spacial score (nSPS) is 12.2. The molecule has 20 heavy (non-hydrogen) atoms. The highest BCUT2D eigenvalue weighted by Crippen LogP contribution is 2.27. The largest absolute Gasteiger partial charge is 0.507 e. The fourth-order valence-corrected chi connectivity index (χ4v) is 2.24. The lowest BCUT2D eigenvalue weighted by Crippen LogP contribution is -2.10. The fourth-order valence-electron chi connectivity index (χ4n) is 2.24. The molecule has 1 aromatic heterocycles. The minimum absolute atomic E-state index is 0.370. The van der Waals surface area contributed by atoms with E-state index in [1.165, 1.54) is 5.56 Å². The van der Waals surface area contributed by atoms with Crippen molar-refractivity contribution < 1.29 is 5.11 Å². The molecule has 3 nitrogen and oxygen atoms in total. The lowest BCUT2D eigenvalue weighted by atomic mass is 9.96. The molecular formula is C17H22N2O. The number of rotatable bonds is 4. The van der Waals surface area contributed by atoms with Crippen molar-refractivity contribution in [3.8, 4) is 5.75 Å². The molecule has 0 amide bonds. The number of pyridine rings is 1. The highest BCUT2D eigenvalue weighted by Gasteiger charge is 2.09. The third-order valence-electron chi connectivity index (χ3n) is 3.61. The van der Waals surface area contributed by atoms with E-state index in [4.69, 9.17) is 0 Å². The monoisotopic (exact) mass is 270 g/mol. The number of aromatic nitrogens is 1. The number of nitrogens with zero attached hydrogens (tertiary/aromatic N) is 1. The Labute approximate surface area is 120 Å². The third kappa shape index (κ3) is 3.29. The molecule has 0 aliphatic rings. The van der Waals surface area contributed by atoms with Gasteiger partial charge in [-0.25, -0.2) is 0 Å². The standard InChI is InChI=1S/C17H22N2O/c1-11-7-15(8-12(2)17(11)20)13(3)9-19-16-6-5-14(4)18-10-16/h5-8,10,13,19-20H,9H2,1-4H3. The average molecular weight is 270 g/mol. The fraction of sp³-hybridized carbons (Fsp3) is 0.353. The van der Waals surface area contributed by atoms with Crippen LogP contribution in [-0.2, 0) is 0 Å². The molecule has 0 aliphatic heterocycles. The molecule has 1 atom stereocenters. The first kappa shape index (κ1) is 14.4. The molecule has 2 N–H and O–H groups in total. The first-order valence-electron chi connectivity index (χ1n) is 6.94. The Kier molecular flexibility index (Phi) is 4.28. The molecule has 0 aliphatic carbocycles. The summed E-state index contributed by atoms with van der Waals surface area (Å²) >= 11 is 0. The quantitative estimate of drug-likeness (QED) is 0.885. The van der Waals surface area contributed by atoms with Gasteiger partial charge in [-0.05, 0) is 55.5 Å². The summed E-state index contributed by atoms with van der Waals surface area (Å²) in [5.41, 5.74) is 5.17. The zero-order valence-electron chi connectivity index (χ0n) is 12.6. The van der Waals surface area contributed by atoms with E-state index >= 15 is 0 Å². The van der Waals surface area contributed by atoms with E-state index in [0.717, 1.165) is 29.1 Å². The Morgan fingerprint density at radius 1 is 1.15 bits per heavy atom. The number of nitrogens with one attached hydrogen (secondary N) is 1. The molecule has 1 unspecified atom stereocenters. The zero-order chi connectivity index (χ0) is 14.7. The minimum atomic E-state index is 0.370. The van der Waals surface area contributed by atoms with Crippen molar-refractivity contribution in [1.82, 2.24) is 4.98 Å². The number of benzene rings is 1. The molecule has 0 fully saturated rings. The molecule has 0 bridgehead atoms. The van der Waals surface area contributed by atoms with Crippen LogP contribution in [0.25, 0.3) is 0 Å². The third-order valence-corrected chi connectivity index (χ3v) is 3.61. The van der Waals surface area contributed by atoms with Crippen LogP contribution in [0.5, 0.6) is 5.75 Å². The molecule has 0 spiro atoms. The second-order valence-electron chi connectivity index (χ2n) is 5.47. The van der Waals surface area contributed by atoms with Gasteiger partial charge in [-0.3, -0.25) is 4.98 Å². The number of hydrogen-bond donors (Lipinski definition) is 2. The Bertz CT molecular complexity index is 567. The first-order chi connectivity index (χ1) is 9.47. The van der Waals surface area contributed by atoms with Gasteiger partial charge in [0.05, 0.1) is 11.9 Å². The van der Waals surface area contributed by atoms with Crippen LogP contribution in [-0.4, -0.2) is 16.6 Å². The lowest BCUT2D eigenvalue weighted by Gasteiger charge is -2.16. The smallest absolute Gasteiger partial charge is 0.121 e. The molecule has 0 radical (unpaired) electrons. The summed E-state index contributed by atoms with van der Waals surface area (Å²) in [4.78, 5) is 4.27. The predicted molar refractivity (Wildman–Crippen MR) is 83.5 cm³/mol. The van der Waals surface area contributed by atoms with Gasteiger partial charge in [0.2, 0.25) is 0 Å². The Morgan fingerprint density at radius 3 is 2.35 bits per heavy atom. The summed E-state index contributed by atoms with van der Waals surface area (Å²) in [5, 5.41) is 13.2. The van der Waals surface area contributed by atoms with Crippen LogP contribution in [0.4, 0.5) is 5.69 Å². The summed E-state index contributed by atoms with van der Waals surface area (Å²) in [6.45, 7) is 8.88. The molecule has 3 heteroatoms. The van der Waals surface area contributed by atoms with Gasteiger partial charge in [0, 0.05) is 12.2 Å². The predicted octanol–water partition coefficient (Wildman–Crippen LogP) is 3.93. The van der Waals surface area contributed by atoms with Gasteiger partial charge in [0.1, 0.15) is 5.75 Å². The number of hydrogen-bond acceptors (Lipinski definition) is 3. The average Bonchev–Trinajstić information content (AvgIpc) is 2.43. The maximum absolute atomic E-state index is 9.82. The minimum Gasteiger partial charge on any atom is -0.507 e. The number of aryl methyl sites for hydroxylation is 3. The van der Waals surface area contributed by atoms with Crippen LogP contribution < -0.4 is 5.32 Å². The van der Waals surface area contributed by atoms with Gasteiger partial charge in [0.15, 0.2) is 0 Å². The summed E-state index contributed by atoms with van der Waals surface area (Å²) in [7, 11) is 0.